The Morgan fingerprint density at radius 1 is 0.963 bits per heavy atom. The van der Waals surface area contributed by atoms with Gasteiger partial charge in [0.25, 0.3) is 0 Å². The predicted molar refractivity (Wildman–Crippen MR) is 310 cm³/mol. The summed E-state index contributed by atoms with van der Waals surface area (Å²) in [7, 11) is 1.90. The molecule has 4 saturated heterocycles. The molecule has 2 N–H and O–H groups in total. The monoisotopic (exact) mass is 1130 g/mol. The Morgan fingerprint density at radius 3 is 2.45 bits per heavy atom. The highest BCUT2D eigenvalue weighted by Gasteiger charge is 2.47. The van der Waals surface area contributed by atoms with Crippen molar-refractivity contribution >= 4 is 62.5 Å². The third kappa shape index (κ3) is 11.0. The third-order valence-electron chi connectivity index (χ3n) is 17.2. The molecule has 4 aliphatic rings. The number of nitriles is 1. The van der Waals surface area contributed by atoms with Crippen molar-refractivity contribution in [3.8, 4) is 40.2 Å². The first-order valence-corrected chi connectivity index (χ1v) is 28.5. The molecule has 82 heavy (non-hydrogen) atoms. The normalized spacial score (nSPS) is 19.9. The fourth-order valence-electron chi connectivity index (χ4n) is 12.8. The minimum atomic E-state index is -0.811. The molecule has 0 saturated carbocycles. The molecule has 4 fully saturated rings. The van der Waals surface area contributed by atoms with Crippen LogP contribution in [0.25, 0.3) is 44.1 Å². The summed E-state index contributed by atoms with van der Waals surface area (Å²) in [5, 5.41) is 41.9. The molecule has 0 radical (unpaired) electrons. The van der Waals surface area contributed by atoms with E-state index in [1.165, 1.54) is 12.1 Å². The molecule has 0 aliphatic carbocycles. The third-order valence-corrected chi connectivity index (χ3v) is 17.5. The van der Waals surface area contributed by atoms with Crippen LogP contribution in [0.2, 0.25) is 5.02 Å². The number of piperazine rings is 1. The average Bonchev–Trinajstić information content (AvgIpc) is 3.15. The molecular weight excluding hydrogens is 1070 g/mol. The number of carbonyl (C=O) groups excluding carboxylic acids is 3. The summed E-state index contributed by atoms with van der Waals surface area (Å²) in [6.07, 6.45) is 4.53. The lowest BCUT2D eigenvalue weighted by Gasteiger charge is -2.54. The second kappa shape index (κ2) is 23.1. The number of anilines is 2. The van der Waals surface area contributed by atoms with Gasteiger partial charge in [-0.1, -0.05) is 92.6 Å². The highest BCUT2D eigenvalue weighted by Crippen LogP contribution is 2.45. The van der Waals surface area contributed by atoms with Crippen LogP contribution < -0.4 is 14.5 Å². The van der Waals surface area contributed by atoms with Crippen molar-refractivity contribution in [1.82, 2.24) is 39.6 Å². The summed E-state index contributed by atoms with van der Waals surface area (Å²) in [4.78, 5) is 60.4. The van der Waals surface area contributed by atoms with Gasteiger partial charge < -0.3 is 39.1 Å². The summed E-state index contributed by atoms with van der Waals surface area (Å²) in [6, 6.07) is 24.9. The van der Waals surface area contributed by atoms with Crippen LogP contribution in [-0.4, -0.2) is 151 Å². The molecular formula is C62H67ClFN11O7. The molecule has 2 amide bonds. The number of ketones is 1. The number of fused-ring (bicyclic) bond motifs is 2. The number of aliphatic hydroxyl groups is 1. The number of likely N-dealkylation sites (tertiary alicyclic amines) is 2. The molecule has 7 heterocycles. The summed E-state index contributed by atoms with van der Waals surface area (Å²) in [5.74, 6) is -0.885. The topological polar surface area (TPSA) is 211 Å². The zero-order valence-corrected chi connectivity index (χ0v) is 47.3. The fraction of sp³-hybridized carbons (Fsp3) is 0.419. The van der Waals surface area contributed by atoms with Gasteiger partial charge in [-0.05, 0) is 95.6 Å². The van der Waals surface area contributed by atoms with Gasteiger partial charge in [-0.15, -0.1) is 0 Å². The lowest BCUT2D eigenvalue weighted by atomic mass is 9.72. The summed E-state index contributed by atoms with van der Waals surface area (Å²) in [6.45, 7) is 14.4. The van der Waals surface area contributed by atoms with Crippen molar-refractivity contribution in [3.05, 3.63) is 120 Å². The largest absolute Gasteiger partial charge is 0.508 e. The van der Waals surface area contributed by atoms with Gasteiger partial charge in [0, 0.05) is 94.3 Å². The van der Waals surface area contributed by atoms with Crippen LogP contribution in [0.1, 0.15) is 76.0 Å². The number of ether oxygens (including phenoxy) is 1. The van der Waals surface area contributed by atoms with Gasteiger partial charge in [-0.3, -0.25) is 24.0 Å². The number of aromatic hydroxyl groups is 1. The van der Waals surface area contributed by atoms with Gasteiger partial charge in [0.1, 0.15) is 29.6 Å². The van der Waals surface area contributed by atoms with Crippen LogP contribution in [0.15, 0.2) is 102 Å². The van der Waals surface area contributed by atoms with E-state index in [0.717, 1.165) is 55.8 Å². The van der Waals surface area contributed by atoms with Crippen molar-refractivity contribution in [2.24, 2.45) is 18.4 Å². The Hall–Kier alpha value is -7.92. The second-order valence-corrected chi connectivity index (χ2v) is 23.4. The standard InChI is InChI=1S/C62H67ClFN11O7/c1-6-54(79)74-24-23-72(33-42(74)15-19-65)59-47-31-48(63)56(46-29-43(76)28-41-9-7-8-10-45(41)46)57(64)58(47)67-61(68-59)81-26-25-71-21-17-62(18-22-71)35-73(36-62)53-32-52(82-69-53)55(37(2)3)60(80)75-34-44(77)30-50(75)51(78)27-38(4)39-11-13-40(14-12-39)49-16-20-66-70(49)5/h6-14,16,20,28-29,31-32,37-38,42,44,50,55,76-77H,1,15,17-18,21-27,30,33-36H2,2-5H3/t38-,42+,44-,50+,55+/m1/s1. The number of aliphatic hydroxyl groups excluding tert-OH is 1. The van der Waals surface area contributed by atoms with E-state index in [-0.39, 0.29) is 108 Å². The van der Waals surface area contributed by atoms with Crippen molar-refractivity contribution in [1.29, 1.82) is 5.26 Å². The van der Waals surface area contributed by atoms with Crippen molar-refractivity contribution in [2.45, 2.75) is 82.9 Å². The maximum atomic E-state index is 17.3. The zero-order valence-electron chi connectivity index (χ0n) is 46.5. The Bertz CT molecular complexity index is 3600. The Labute approximate surface area is 480 Å². The maximum absolute atomic E-state index is 17.3. The van der Waals surface area contributed by atoms with Crippen molar-refractivity contribution < 1.29 is 38.2 Å². The van der Waals surface area contributed by atoms with E-state index in [9.17, 15) is 29.9 Å². The van der Waals surface area contributed by atoms with Gasteiger partial charge in [0.15, 0.2) is 23.2 Å². The molecule has 4 aromatic carbocycles. The molecule has 1 spiro atoms. The predicted octanol–water partition coefficient (Wildman–Crippen LogP) is 8.90. The number of Topliss-reactive ketones (excluding diaryl/α,β-unsaturated/α-hetero) is 1. The summed E-state index contributed by atoms with van der Waals surface area (Å²) >= 11 is 6.98. The number of benzene rings is 4. The number of halogens is 2. The van der Waals surface area contributed by atoms with E-state index in [1.54, 1.807) is 28.1 Å². The molecule has 20 heteroatoms. The first kappa shape index (κ1) is 56.0. The highest BCUT2D eigenvalue weighted by molar-refractivity contribution is 6.35. The van der Waals surface area contributed by atoms with E-state index in [1.807, 2.05) is 98.1 Å². The molecule has 11 rings (SSSR count). The average molecular weight is 1130 g/mol. The molecule has 0 unspecified atom stereocenters. The summed E-state index contributed by atoms with van der Waals surface area (Å²) in [5.41, 5.74) is 3.55. The van der Waals surface area contributed by atoms with Crippen molar-refractivity contribution in [3.63, 3.8) is 0 Å². The summed E-state index contributed by atoms with van der Waals surface area (Å²) < 4.78 is 31.4. The zero-order chi connectivity index (χ0) is 57.6. The van der Waals surface area contributed by atoms with E-state index in [0.29, 0.717) is 52.2 Å². The number of amides is 2. The number of aromatic nitrogens is 5. The number of phenols is 1. The quantitative estimate of drug-likeness (QED) is 0.0816. The SMILES string of the molecule is C=CC(=O)N1CCN(c2nc(OCCN3CCC4(CC3)CN(c3cc([C@@H](C(=O)N5C[C@H](O)C[C@H]5C(=O)C[C@@H](C)c5ccc(-c6ccnn6C)cc5)C(C)C)on3)C4)nc3c(F)c(-c4cc(O)cc5ccccc45)c(Cl)cc23)C[C@@H]1CC#N. The lowest BCUT2D eigenvalue weighted by molar-refractivity contribution is -0.140. The second-order valence-electron chi connectivity index (χ2n) is 23.0. The number of rotatable bonds is 17. The minimum Gasteiger partial charge on any atom is -0.508 e. The van der Waals surface area contributed by atoms with E-state index >= 15 is 4.39 Å². The molecule has 3 aromatic heterocycles. The molecule has 5 atom stereocenters. The Morgan fingerprint density at radius 2 is 1.73 bits per heavy atom. The van der Waals surface area contributed by atoms with E-state index < -0.39 is 29.9 Å². The van der Waals surface area contributed by atoms with E-state index in [4.69, 9.17) is 25.8 Å². The molecule has 0 bridgehead atoms. The van der Waals surface area contributed by atoms with Crippen LogP contribution in [0.3, 0.4) is 0 Å². The molecule has 426 valence electrons. The van der Waals surface area contributed by atoms with E-state index in [2.05, 4.69) is 37.7 Å². The molecule has 18 nitrogen and oxygen atoms in total. The smallest absolute Gasteiger partial charge is 0.319 e. The number of piperidine rings is 1. The first-order chi connectivity index (χ1) is 39.5. The number of hydrogen-bond acceptors (Lipinski definition) is 15. The number of carbonyl (C=O) groups is 3. The van der Waals surface area contributed by atoms with Gasteiger partial charge in [0.2, 0.25) is 11.8 Å². The van der Waals surface area contributed by atoms with Gasteiger partial charge in [-0.25, -0.2) is 4.39 Å². The number of nitrogens with zero attached hydrogens (tertiary/aromatic N) is 11. The Balaban J connectivity index is 0.729. The maximum Gasteiger partial charge on any atom is 0.319 e. The molecule has 7 aromatic rings. The van der Waals surface area contributed by atoms with Crippen LogP contribution in [0.5, 0.6) is 11.8 Å². The number of β-amino-alcohol motifs (C(OH)–C–C–N with tert-alkyl or cyclic N) is 1. The Kier molecular flexibility index (Phi) is 15.8. The van der Waals surface area contributed by atoms with Crippen LogP contribution in [0, 0.1) is 28.5 Å². The van der Waals surface area contributed by atoms with Crippen LogP contribution in [-0.2, 0) is 21.4 Å². The molecule has 4 aliphatic heterocycles. The van der Waals surface area contributed by atoms with Crippen molar-refractivity contribution in [2.75, 3.05) is 75.3 Å². The first-order valence-electron chi connectivity index (χ1n) is 28.1. The number of aryl methyl sites for hydroxylation is 1. The van der Waals surface area contributed by atoms with Crippen LogP contribution in [0.4, 0.5) is 16.0 Å². The fourth-order valence-corrected chi connectivity index (χ4v) is 13.0. The number of phenolic OH excluding ortho intramolecular Hbond substituents is 1. The van der Waals surface area contributed by atoms with Gasteiger partial charge >= 0.3 is 6.01 Å². The lowest BCUT2D eigenvalue weighted by Crippen LogP contribution is -2.60. The highest BCUT2D eigenvalue weighted by atomic mass is 35.5. The number of hydrogen-bond donors (Lipinski definition) is 2. The van der Waals surface area contributed by atoms with Crippen LogP contribution >= 0.6 is 11.6 Å². The van der Waals surface area contributed by atoms with Gasteiger partial charge in [-0.2, -0.15) is 20.3 Å². The minimum absolute atomic E-state index is 0.0262. The van der Waals surface area contributed by atoms with Gasteiger partial charge in [0.05, 0.1) is 41.4 Å².